The molecular weight excluding hydrogens is 536 g/mol. The Balaban J connectivity index is 0.00000306. The van der Waals surface area contributed by atoms with Crippen molar-refractivity contribution in [3.63, 3.8) is 0 Å². The highest BCUT2D eigenvalue weighted by Crippen LogP contribution is 2.58. The standard InChI is InChI=1S/C27H39N5.4ClH/c1-19-18-27(2)25(21-11-8-13-23(29-3)24(19)21)20-10-4-5-12-22(20)32-26(27)31-17-9-16-30-15-7-6-14-28;;;;/h4-5,8,10-13,19,25,29-30H,6-7,9,14-18,28H2,1-3H3,(H,31,32);4*1H/t19-,25-,27+;;;;/m1..../s1. The number of nitrogens with two attached hydrogens (primary N) is 1. The first-order valence-corrected chi connectivity index (χ1v) is 12.2. The maximum absolute atomic E-state index is 5.57. The van der Waals surface area contributed by atoms with Crippen LogP contribution in [0.15, 0.2) is 47.5 Å². The van der Waals surface area contributed by atoms with Crippen LogP contribution in [-0.2, 0) is 0 Å². The number of para-hydroxylation sites is 1. The van der Waals surface area contributed by atoms with Crippen LogP contribution >= 0.6 is 49.6 Å². The van der Waals surface area contributed by atoms with Gasteiger partial charge in [0.25, 0.3) is 0 Å². The van der Waals surface area contributed by atoms with Crippen LogP contribution < -0.4 is 21.7 Å². The van der Waals surface area contributed by atoms with Crippen molar-refractivity contribution in [2.24, 2.45) is 16.1 Å². The molecule has 0 saturated heterocycles. The van der Waals surface area contributed by atoms with Crippen LogP contribution in [0.5, 0.6) is 0 Å². The second-order valence-corrected chi connectivity index (χ2v) is 9.56. The van der Waals surface area contributed by atoms with Gasteiger partial charge in [0.1, 0.15) is 5.84 Å². The monoisotopic (exact) mass is 577 g/mol. The van der Waals surface area contributed by atoms with E-state index in [0.717, 1.165) is 57.7 Å². The van der Waals surface area contributed by atoms with Crippen LogP contribution in [0.25, 0.3) is 0 Å². The van der Waals surface area contributed by atoms with Gasteiger partial charge in [-0.1, -0.05) is 44.2 Å². The first-order valence-electron chi connectivity index (χ1n) is 12.2. The molecule has 5 N–H and O–H groups in total. The highest BCUT2D eigenvalue weighted by molar-refractivity contribution is 6.04. The van der Waals surface area contributed by atoms with Crippen LogP contribution in [0.3, 0.4) is 0 Å². The smallest absolute Gasteiger partial charge is 0.108 e. The molecule has 0 radical (unpaired) electrons. The molecule has 5 nitrogen and oxygen atoms in total. The van der Waals surface area contributed by atoms with Gasteiger partial charge in [0.05, 0.1) is 0 Å². The number of nitrogens with zero attached hydrogens (tertiary/aromatic N) is 1. The fourth-order valence-corrected chi connectivity index (χ4v) is 5.81. The Hall–Kier alpha value is -1.21. The number of nitrogens with one attached hydrogen (secondary N) is 3. The first-order chi connectivity index (χ1) is 15.6. The van der Waals surface area contributed by atoms with E-state index in [1.807, 2.05) is 7.05 Å². The number of hydrogen-bond donors (Lipinski definition) is 4. The van der Waals surface area contributed by atoms with Gasteiger partial charge in [-0.2, -0.15) is 0 Å². The molecule has 1 aliphatic carbocycles. The van der Waals surface area contributed by atoms with E-state index in [1.165, 1.54) is 28.1 Å². The lowest BCUT2D eigenvalue weighted by Crippen LogP contribution is -2.47. The summed E-state index contributed by atoms with van der Waals surface area (Å²) >= 11 is 0. The van der Waals surface area contributed by atoms with Crippen molar-refractivity contribution in [1.29, 1.82) is 0 Å². The number of rotatable bonds is 9. The Morgan fingerprint density at radius 3 is 2.39 bits per heavy atom. The number of anilines is 2. The molecule has 0 saturated carbocycles. The fraction of sp³-hybridized carbons (Fsp3) is 0.519. The van der Waals surface area contributed by atoms with Gasteiger partial charge in [0.2, 0.25) is 0 Å². The summed E-state index contributed by atoms with van der Waals surface area (Å²) in [5.41, 5.74) is 12.3. The lowest BCUT2D eigenvalue weighted by Gasteiger charge is -2.50. The number of aliphatic imine (C=N–C) groups is 1. The predicted octanol–water partition coefficient (Wildman–Crippen LogP) is 6.60. The van der Waals surface area contributed by atoms with Gasteiger partial charge in [-0.25, -0.2) is 0 Å². The lowest BCUT2D eigenvalue weighted by molar-refractivity contribution is 0.319. The summed E-state index contributed by atoms with van der Waals surface area (Å²) in [5, 5.41) is 10.7. The van der Waals surface area contributed by atoms with Crippen LogP contribution in [0, 0.1) is 5.41 Å². The van der Waals surface area contributed by atoms with Crippen molar-refractivity contribution in [2.45, 2.75) is 51.4 Å². The third-order valence-electron chi connectivity index (χ3n) is 7.24. The van der Waals surface area contributed by atoms with Gasteiger partial charge >= 0.3 is 0 Å². The molecule has 4 rings (SSSR count). The molecule has 3 atom stereocenters. The minimum absolute atomic E-state index is 0. The fourth-order valence-electron chi connectivity index (χ4n) is 5.81. The van der Waals surface area contributed by atoms with Crippen molar-refractivity contribution >= 4 is 66.8 Å². The Bertz CT molecular complexity index is 971. The summed E-state index contributed by atoms with van der Waals surface area (Å²) in [5.74, 6) is 1.93. The van der Waals surface area contributed by atoms with Gasteiger partial charge in [-0.3, -0.25) is 4.99 Å². The number of benzene rings is 2. The van der Waals surface area contributed by atoms with E-state index in [-0.39, 0.29) is 55.0 Å². The molecule has 0 amide bonds. The average Bonchev–Trinajstić information content (AvgIpc) is 2.80. The SMILES string of the molecule is CNc1cccc2c1[C@H](C)C[C@]1(C)C(=NCCCNCCCCN)Nc3ccccc3[C@H]21.Cl.Cl.Cl.Cl. The number of halogens is 4. The number of unbranched alkanes of at least 4 members (excludes halogenated alkanes) is 1. The molecule has 1 aliphatic heterocycles. The maximum Gasteiger partial charge on any atom is 0.108 e. The van der Waals surface area contributed by atoms with E-state index in [2.05, 4.69) is 72.3 Å². The van der Waals surface area contributed by atoms with E-state index in [4.69, 9.17) is 10.7 Å². The zero-order valence-corrected chi connectivity index (χ0v) is 24.8. The highest BCUT2D eigenvalue weighted by atomic mass is 35.5. The topological polar surface area (TPSA) is 74.5 Å². The third-order valence-corrected chi connectivity index (χ3v) is 7.24. The van der Waals surface area contributed by atoms with Crippen LogP contribution in [0.4, 0.5) is 11.4 Å². The largest absolute Gasteiger partial charge is 0.388 e. The van der Waals surface area contributed by atoms with Crippen molar-refractivity contribution < 1.29 is 0 Å². The van der Waals surface area contributed by atoms with Crippen molar-refractivity contribution in [3.8, 4) is 0 Å². The molecule has 0 aromatic heterocycles. The van der Waals surface area contributed by atoms with Crippen molar-refractivity contribution in [2.75, 3.05) is 43.9 Å². The third kappa shape index (κ3) is 7.00. The summed E-state index contributed by atoms with van der Waals surface area (Å²) < 4.78 is 0. The summed E-state index contributed by atoms with van der Waals surface area (Å²) in [6.45, 7) is 8.44. The molecule has 2 aliphatic rings. The molecule has 204 valence electrons. The van der Waals surface area contributed by atoms with E-state index >= 15 is 0 Å². The minimum atomic E-state index is -0.0400. The van der Waals surface area contributed by atoms with Crippen LogP contribution in [-0.4, -0.2) is 39.1 Å². The van der Waals surface area contributed by atoms with Gasteiger partial charge in [0.15, 0.2) is 0 Å². The lowest BCUT2D eigenvalue weighted by atomic mass is 9.57. The number of amidine groups is 1. The molecule has 36 heavy (non-hydrogen) atoms. The molecule has 0 spiro atoms. The van der Waals surface area contributed by atoms with Gasteiger partial charge in [-0.15, -0.1) is 49.6 Å². The quantitative estimate of drug-likeness (QED) is 0.253. The average molecular weight is 579 g/mol. The Kier molecular flexibility index (Phi) is 15.4. The first kappa shape index (κ1) is 34.8. The van der Waals surface area contributed by atoms with Crippen molar-refractivity contribution in [1.82, 2.24) is 5.32 Å². The summed E-state index contributed by atoms with van der Waals surface area (Å²) in [7, 11) is 2.03. The van der Waals surface area contributed by atoms with E-state index in [0.29, 0.717) is 11.8 Å². The minimum Gasteiger partial charge on any atom is -0.388 e. The second kappa shape index (κ2) is 15.9. The molecular formula is C27H43Cl4N5. The zero-order chi connectivity index (χ0) is 22.6. The molecule has 0 bridgehead atoms. The number of fused-ring (bicyclic) bond motifs is 5. The highest BCUT2D eigenvalue weighted by Gasteiger charge is 2.50. The van der Waals surface area contributed by atoms with Crippen LogP contribution in [0.1, 0.15) is 68.1 Å². The summed E-state index contributed by atoms with van der Waals surface area (Å²) in [6.07, 6.45) is 4.37. The summed E-state index contributed by atoms with van der Waals surface area (Å²) in [6, 6.07) is 15.5. The molecule has 2 aromatic carbocycles. The van der Waals surface area contributed by atoms with Gasteiger partial charge < -0.3 is 21.7 Å². The molecule has 0 fully saturated rings. The van der Waals surface area contributed by atoms with E-state index in [1.54, 1.807) is 0 Å². The maximum atomic E-state index is 5.57. The Morgan fingerprint density at radius 2 is 1.67 bits per heavy atom. The van der Waals surface area contributed by atoms with Crippen molar-refractivity contribution in [3.05, 3.63) is 59.2 Å². The number of hydrogen-bond acceptors (Lipinski definition) is 4. The molecule has 2 aromatic rings. The Labute approximate surface area is 241 Å². The van der Waals surface area contributed by atoms with Gasteiger partial charge in [-0.05, 0) is 80.1 Å². The summed E-state index contributed by atoms with van der Waals surface area (Å²) in [4.78, 5) is 5.15. The predicted molar refractivity (Wildman–Crippen MR) is 166 cm³/mol. The zero-order valence-electron chi connectivity index (χ0n) is 21.5. The second-order valence-electron chi connectivity index (χ2n) is 9.56. The molecule has 1 heterocycles. The van der Waals surface area contributed by atoms with E-state index < -0.39 is 0 Å². The van der Waals surface area contributed by atoms with Gasteiger partial charge in [0, 0.05) is 36.3 Å². The van der Waals surface area contributed by atoms with E-state index in [9.17, 15) is 0 Å². The van der Waals surface area contributed by atoms with Crippen LogP contribution in [0.2, 0.25) is 0 Å². The molecule has 9 heteroatoms. The normalized spacial score (nSPS) is 22.2. The molecule has 0 unspecified atom stereocenters. The Morgan fingerprint density at radius 1 is 0.972 bits per heavy atom.